The number of halogens is 2. The van der Waals surface area contributed by atoms with Gasteiger partial charge in [-0.3, -0.25) is 4.79 Å². The lowest BCUT2D eigenvalue weighted by Crippen LogP contribution is -2.58. The number of hydrogen-bond donors (Lipinski definition) is 1. The SMILES string of the molecule is Cc1cccc(CN2CCN(C(=O)Nc3cccc(F)c3F)C(C)C2=O)c1. The average Bonchev–Trinajstić information content (AvgIpc) is 2.63. The third kappa shape index (κ3) is 4.07. The fourth-order valence-corrected chi connectivity index (χ4v) is 3.18. The van der Waals surface area contributed by atoms with Crippen LogP contribution in [0.15, 0.2) is 42.5 Å². The van der Waals surface area contributed by atoms with Crippen LogP contribution in [0.2, 0.25) is 0 Å². The van der Waals surface area contributed by atoms with E-state index in [1.54, 1.807) is 11.8 Å². The standard InChI is InChI=1S/C20H21F2N3O2/c1-13-5-3-6-15(11-13)12-24-9-10-25(14(2)19(24)26)20(27)23-17-8-4-7-16(21)18(17)22/h3-8,11,14H,9-10,12H2,1-2H3,(H,23,27). The monoisotopic (exact) mass is 373 g/mol. The van der Waals surface area contributed by atoms with E-state index in [1.807, 2.05) is 31.2 Å². The first-order valence-corrected chi connectivity index (χ1v) is 8.73. The summed E-state index contributed by atoms with van der Waals surface area (Å²) in [6, 6.07) is 10.1. The zero-order valence-electron chi connectivity index (χ0n) is 15.2. The number of benzene rings is 2. The fourth-order valence-electron chi connectivity index (χ4n) is 3.18. The number of anilines is 1. The molecule has 0 saturated carbocycles. The van der Waals surface area contributed by atoms with E-state index >= 15 is 0 Å². The van der Waals surface area contributed by atoms with Crippen molar-refractivity contribution < 1.29 is 18.4 Å². The topological polar surface area (TPSA) is 52.6 Å². The Morgan fingerprint density at radius 2 is 1.93 bits per heavy atom. The summed E-state index contributed by atoms with van der Waals surface area (Å²) in [6.07, 6.45) is 0. The second-order valence-electron chi connectivity index (χ2n) is 6.65. The molecule has 0 aliphatic carbocycles. The van der Waals surface area contributed by atoms with Crippen LogP contribution in [0.4, 0.5) is 19.3 Å². The maximum absolute atomic E-state index is 13.8. The smallest absolute Gasteiger partial charge is 0.322 e. The highest BCUT2D eigenvalue weighted by Gasteiger charge is 2.34. The summed E-state index contributed by atoms with van der Waals surface area (Å²) in [5, 5.41) is 2.34. The molecule has 1 unspecified atom stereocenters. The van der Waals surface area contributed by atoms with Crippen LogP contribution in [-0.4, -0.2) is 40.9 Å². The van der Waals surface area contributed by atoms with Crippen molar-refractivity contribution in [3.05, 3.63) is 65.2 Å². The molecule has 0 radical (unpaired) electrons. The second kappa shape index (κ2) is 7.73. The van der Waals surface area contributed by atoms with Crippen LogP contribution in [0.1, 0.15) is 18.1 Å². The van der Waals surface area contributed by atoms with Gasteiger partial charge < -0.3 is 15.1 Å². The number of carbonyl (C=O) groups is 2. The molecule has 142 valence electrons. The normalized spacial score (nSPS) is 17.2. The van der Waals surface area contributed by atoms with E-state index in [2.05, 4.69) is 5.32 Å². The minimum absolute atomic E-state index is 0.183. The maximum Gasteiger partial charge on any atom is 0.322 e. The molecule has 0 bridgehead atoms. The van der Waals surface area contributed by atoms with Gasteiger partial charge in [0, 0.05) is 19.6 Å². The van der Waals surface area contributed by atoms with Gasteiger partial charge in [-0.2, -0.15) is 0 Å². The van der Waals surface area contributed by atoms with E-state index in [4.69, 9.17) is 0 Å². The Hall–Kier alpha value is -2.96. The average molecular weight is 373 g/mol. The molecule has 1 aliphatic rings. The molecule has 2 aromatic rings. The van der Waals surface area contributed by atoms with Crippen LogP contribution in [0, 0.1) is 18.6 Å². The van der Waals surface area contributed by atoms with Gasteiger partial charge in [0.05, 0.1) is 5.69 Å². The molecule has 3 amide bonds. The van der Waals surface area contributed by atoms with Gasteiger partial charge in [0.2, 0.25) is 5.91 Å². The molecule has 5 nitrogen and oxygen atoms in total. The second-order valence-corrected chi connectivity index (χ2v) is 6.65. The van der Waals surface area contributed by atoms with Gasteiger partial charge in [-0.1, -0.05) is 35.9 Å². The first-order valence-electron chi connectivity index (χ1n) is 8.73. The molecule has 2 aromatic carbocycles. The predicted octanol–water partition coefficient (Wildman–Crippen LogP) is 3.54. The number of hydrogen-bond acceptors (Lipinski definition) is 2. The zero-order chi connectivity index (χ0) is 19.6. The van der Waals surface area contributed by atoms with Crippen LogP contribution in [0.3, 0.4) is 0 Å². The molecule has 1 saturated heterocycles. The van der Waals surface area contributed by atoms with E-state index in [0.717, 1.165) is 17.2 Å². The van der Waals surface area contributed by atoms with E-state index in [0.29, 0.717) is 19.6 Å². The summed E-state index contributed by atoms with van der Waals surface area (Å²) in [5.41, 5.74) is 1.89. The molecule has 1 fully saturated rings. The quantitative estimate of drug-likeness (QED) is 0.895. The Morgan fingerprint density at radius 1 is 1.19 bits per heavy atom. The molecule has 1 heterocycles. The molecule has 0 spiro atoms. The van der Waals surface area contributed by atoms with Gasteiger partial charge in [-0.05, 0) is 31.5 Å². The number of nitrogens with zero attached hydrogens (tertiary/aromatic N) is 2. The van der Waals surface area contributed by atoms with Crippen molar-refractivity contribution in [1.29, 1.82) is 0 Å². The molecule has 27 heavy (non-hydrogen) atoms. The van der Waals surface area contributed by atoms with Crippen molar-refractivity contribution in [2.24, 2.45) is 0 Å². The van der Waals surface area contributed by atoms with Gasteiger partial charge in [-0.25, -0.2) is 13.6 Å². The molecular formula is C20H21F2N3O2. The van der Waals surface area contributed by atoms with Crippen LogP contribution < -0.4 is 5.32 Å². The number of rotatable bonds is 3. The van der Waals surface area contributed by atoms with Crippen LogP contribution in [-0.2, 0) is 11.3 Å². The highest BCUT2D eigenvalue weighted by atomic mass is 19.2. The largest absolute Gasteiger partial charge is 0.335 e. The summed E-state index contributed by atoms with van der Waals surface area (Å²) >= 11 is 0. The highest BCUT2D eigenvalue weighted by Crippen LogP contribution is 2.20. The lowest BCUT2D eigenvalue weighted by Gasteiger charge is -2.39. The van der Waals surface area contributed by atoms with Crippen molar-refractivity contribution in [3.63, 3.8) is 0 Å². The molecular weight excluding hydrogens is 352 g/mol. The summed E-state index contributed by atoms with van der Waals surface area (Å²) in [4.78, 5) is 28.2. The number of nitrogens with one attached hydrogen (secondary N) is 1. The minimum atomic E-state index is -1.12. The lowest BCUT2D eigenvalue weighted by atomic mass is 10.1. The third-order valence-electron chi connectivity index (χ3n) is 4.66. The first kappa shape index (κ1) is 18.8. The molecule has 1 aliphatic heterocycles. The van der Waals surface area contributed by atoms with Crippen LogP contribution in [0.25, 0.3) is 0 Å². The number of piperazine rings is 1. The van der Waals surface area contributed by atoms with Crippen molar-refractivity contribution in [2.75, 3.05) is 18.4 Å². The van der Waals surface area contributed by atoms with Crippen LogP contribution >= 0.6 is 0 Å². The van der Waals surface area contributed by atoms with Gasteiger partial charge >= 0.3 is 6.03 Å². The molecule has 1 atom stereocenters. The fraction of sp³-hybridized carbons (Fsp3) is 0.300. The maximum atomic E-state index is 13.8. The van der Waals surface area contributed by atoms with E-state index in [1.165, 1.54) is 17.0 Å². The molecule has 7 heteroatoms. The minimum Gasteiger partial charge on any atom is -0.335 e. The van der Waals surface area contributed by atoms with E-state index in [-0.39, 0.29) is 11.6 Å². The van der Waals surface area contributed by atoms with Gasteiger partial charge in [-0.15, -0.1) is 0 Å². The van der Waals surface area contributed by atoms with Gasteiger partial charge in [0.15, 0.2) is 11.6 Å². The van der Waals surface area contributed by atoms with Gasteiger partial charge in [0.1, 0.15) is 6.04 Å². The van der Waals surface area contributed by atoms with Gasteiger partial charge in [0.25, 0.3) is 0 Å². The summed E-state index contributed by atoms with van der Waals surface area (Å²) in [7, 11) is 0. The number of carbonyl (C=O) groups excluding carboxylic acids is 2. The van der Waals surface area contributed by atoms with Crippen LogP contribution in [0.5, 0.6) is 0 Å². The van der Waals surface area contributed by atoms with E-state index < -0.39 is 23.7 Å². The summed E-state index contributed by atoms with van der Waals surface area (Å²) in [6.45, 7) is 4.77. The van der Waals surface area contributed by atoms with Crippen molar-refractivity contribution in [2.45, 2.75) is 26.4 Å². The highest BCUT2D eigenvalue weighted by molar-refractivity contribution is 5.94. The molecule has 0 aromatic heterocycles. The number of aryl methyl sites for hydroxylation is 1. The Morgan fingerprint density at radius 3 is 2.67 bits per heavy atom. The first-order chi connectivity index (χ1) is 12.9. The zero-order valence-corrected chi connectivity index (χ0v) is 15.2. The molecule has 1 N–H and O–H groups in total. The summed E-state index contributed by atoms with van der Waals surface area (Å²) in [5.74, 6) is -2.35. The van der Waals surface area contributed by atoms with Crippen molar-refractivity contribution >= 4 is 17.6 Å². The van der Waals surface area contributed by atoms with Crippen molar-refractivity contribution in [1.82, 2.24) is 9.80 Å². The summed E-state index contributed by atoms with van der Waals surface area (Å²) < 4.78 is 27.1. The third-order valence-corrected chi connectivity index (χ3v) is 4.66. The lowest BCUT2D eigenvalue weighted by molar-refractivity contribution is -0.139. The Labute approximate surface area is 156 Å². The van der Waals surface area contributed by atoms with Crippen molar-refractivity contribution in [3.8, 4) is 0 Å². The Kier molecular flexibility index (Phi) is 5.39. The predicted molar refractivity (Wildman–Crippen MR) is 98.1 cm³/mol. The van der Waals surface area contributed by atoms with E-state index in [9.17, 15) is 18.4 Å². The Balaban J connectivity index is 1.67. The number of amides is 3. The Bertz CT molecular complexity index is 872. The number of urea groups is 1. The molecule has 3 rings (SSSR count).